The largest absolute Gasteiger partial charge is 0.367 e. The number of rotatable bonds is 0. The van der Waals surface area contributed by atoms with Gasteiger partial charge in [-0.25, -0.2) is 0 Å². The first-order chi connectivity index (χ1) is 4.45. The molecule has 1 heteroatoms. The zero-order chi connectivity index (χ0) is 6.10. The lowest BCUT2D eigenvalue weighted by molar-refractivity contribution is 0.0655. The summed E-state index contributed by atoms with van der Waals surface area (Å²) in [5.74, 6) is 0. The van der Waals surface area contributed by atoms with E-state index in [4.69, 9.17) is 4.74 Å². The van der Waals surface area contributed by atoms with Crippen LogP contribution in [0.4, 0.5) is 0 Å². The third kappa shape index (κ3) is 1.01. The van der Waals surface area contributed by atoms with Gasteiger partial charge >= 0.3 is 0 Å². The minimum absolute atomic E-state index is 0.470. The molecule has 2 aliphatic heterocycles. The normalized spacial score (nSPS) is 40.9. The van der Waals surface area contributed by atoms with E-state index in [-0.39, 0.29) is 0 Å². The first-order valence-electron chi connectivity index (χ1n) is 3.79. The summed E-state index contributed by atoms with van der Waals surface area (Å²) >= 11 is 0. The molecule has 2 heterocycles. The molecule has 0 spiro atoms. The van der Waals surface area contributed by atoms with Crippen LogP contribution in [0.1, 0.15) is 25.7 Å². The molecule has 0 aliphatic carbocycles. The van der Waals surface area contributed by atoms with E-state index in [9.17, 15) is 0 Å². The van der Waals surface area contributed by atoms with E-state index in [1.807, 2.05) is 0 Å². The molecule has 50 valence electrons. The zero-order valence-electron chi connectivity index (χ0n) is 5.55. The fraction of sp³-hybridized carbons (Fsp3) is 0.750. The summed E-state index contributed by atoms with van der Waals surface area (Å²) in [7, 11) is 0. The van der Waals surface area contributed by atoms with Crippen LogP contribution in [0, 0.1) is 0 Å². The van der Waals surface area contributed by atoms with E-state index in [0.29, 0.717) is 12.2 Å². The minimum atomic E-state index is 0.470. The Morgan fingerprint density at radius 2 is 1.56 bits per heavy atom. The van der Waals surface area contributed by atoms with Gasteiger partial charge in [-0.15, -0.1) is 0 Å². The Bertz CT molecular complexity index is 115. The van der Waals surface area contributed by atoms with E-state index < -0.39 is 0 Å². The Hall–Kier alpha value is -0.300. The second-order valence-electron chi connectivity index (χ2n) is 2.88. The Kier molecular flexibility index (Phi) is 1.31. The summed E-state index contributed by atoms with van der Waals surface area (Å²) in [5.41, 5.74) is 0. The number of fused-ring (bicyclic) bond motifs is 2. The van der Waals surface area contributed by atoms with Gasteiger partial charge in [-0.1, -0.05) is 25.0 Å². The summed E-state index contributed by atoms with van der Waals surface area (Å²) in [4.78, 5) is 0. The fourth-order valence-electron chi connectivity index (χ4n) is 1.58. The van der Waals surface area contributed by atoms with Crippen LogP contribution in [0.15, 0.2) is 12.2 Å². The molecule has 2 unspecified atom stereocenters. The van der Waals surface area contributed by atoms with Crippen molar-refractivity contribution in [1.29, 1.82) is 0 Å². The number of hydrogen-bond donors (Lipinski definition) is 0. The van der Waals surface area contributed by atoms with Gasteiger partial charge in [-0.3, -0.25) is 0 Å². The Morgan fingerprint density at radius 3 is 2.11 bits per heavy atom. The van der Waals surface area contributed by atoms with Gasteiger partial charge in [0.15, 0.2) is 0 Å². The van der Waals surface area contributed by atoms with E-state index in [2.05, 4.69) is 12.2 Å². The van der Waals surface area contributed by atoms with Gasteiger partial charge in [0.1, 0.15) is 0 Å². The molecular weight excluding hydrogens is 112 g/mol. The van der Waals surface area contributed by atoms with Crippen LogP contribution >= 0.6 is 0 Å². The summed E-state index contributed by atoms with van der Waals surface area (Å²) < 4.78 is 5.61. The van der Waals surface area contributed by atoms with Gasteiger partial charge < -0.3 is 4.74 Å². The molecule has 0 aromatic heterocycles. The van der Waals surface area contributed by atoms with Crippen molar-refractivity contribution in [1.82, 2.24) is 0 Å². The summed E-state index contributed by atoms with van der Waals surface area (Å²) in [6, 6.07) is 0. The molecule has 0 aromatic carbocycles. The van der Waals surface area contributed by atoms with Gasteiger partial charge in [-0.05, 0) is 12.8 Å². The SMILES string of the molecule is C1=CC2CCCCC1O2. The molecule has 0 aromatic rings. The third-order valence-electron chi connectivity index (χ3n) is 2.12. The monoisotopic (exact) mass is 124 g/mol. The first kappa shape index (κ1) is 5.48. The van der Waals surface area contributed by atoms with Crippen molar-refractivity contribution < 1.29 is 4.74 Å². The highest BCUT2D eigenvalue weighted by molar-refractivity contribution is 5.03. The Labute approximate surface area is 55.7 Å². The molecule has 2 rings (SSSR count). The van der Waals surface area contributed by atoms with Crippen molar-refractivity contribution in [3.05, 3.63) is 12.2 Å². The van der Waals surface area contributed by atoms with Crippen LogP contribution in [0.25, 0.3) is 0 Å². The second-order valence-corrected chi connectivity index (χ2v) is 2.88. The van der Waals surface area contributed by atoms with Gasteiger partial charge in [0.25, 0.3) is 0 Å². The topological polar surface area (TPSA) is 9.23 Å². The van der Waals surface area contributed by atoms with Crippen molar-refractivity contribution in [2.45, 2.75) is 37.9 Å². The third-order valence-corrected chi connectivity index (χ3v) is 2.12. The average molecular weight is 124 g/mol. The molecule has 2 aliphatic rings. The molecule has 1 nitrogen and oxygen atoms in total. The lowest BCUT2D eigenvalue weighted by Gasteiger charge is -2.06. The molecule has 0 saturated carbocycles. The van der Waals surface area contributed by atoms with Crippen LogP contribution in [-0.2, 0) is 4.74 Å². The molecule has 2 bridgehead atoms. The van der Waals surface area contributed by atoms with E-state index >= 15 is 0 Å². The van der Waals surface area contributed by atoms with E-state index in [0.717, 1.165) is 0 Å². The molecule has 0 amide bonds. The zero-order valence-corrected chi connectivity index (χ0v) is 5.55. The van der Waals surface area contributed by atoms with Crippen LogP contribution in [0.5, 0.6) is 0 Å². The van der Waals surface area contributed by atoms with Crippen molar-refractivity contribution >= 4 is 0 Å². The fourth-order valence-corrected chi connectivity index (χ4v) is 1.58. The van der Waals surface area contributed by atoms with Gasteiger partial charge in [0.2, 0.25) is 0 Å². The number of hydrogen-bond acceptors (Lipinski definition) is 1. The quantitative estimate of drug-likeness (QED) is 0.448. The van der Waals surface area contributed by atoms with Crippen LogP contribution in [0.3, 0.4) is 0 Å². The minimum Gasteiger partial charge on any atom is -0.367 e. The van der Waals surface area contributed by atoms with E-state index in [1.165, 1.54) is 25.7 Å². The molecule has 0 N–H and O–H groups in total. The van der Waals surface area contributed by atoms with Gasteiger partial charge in [-0.2, -0.15) is 0 Å². The highest BCUT2D eigenvalue weighted by Crippen LogP contribution is 2.24. The molecule has 9 heavy (non-hydrogen) atoms. The first-order valence-corrected chi connectivity index (χ1v) is 3.79. The molecule has 1 fully saturated rings. The average Bonchev–Trinajstić information content (AvgIpc) is 2.09. The maximum Gasteiger partial charge on any atom is 0.0764 e. The maximum absolute atomic E-state index is 5.61. The Morgan fingerprint density at radius 1 is 1.00 bits per heavy atom. The predicted molar refractivity (Wildman–Crippen MR) is 36.3 cm³/mol. The van der Waals surface area contributed by atoms with Crippen molar-refractivity contribution in [2.75, 3.05) is 0 Å². The lowest BCUT2D eigenvalue weighted by atomic mass is 10.1. The van der Waals surface area contributed by atoms with Crippen molar-refractivity contribution in [3.63, 3.8) is 0 Å². The second kappa shape index (κ2) is 2.14. The van der Waals surface area contributed by atoms with Crippen LogP contribution in [0.2, 0.25) is 0 Å². The highest BCUT2D eigenvalue weighted by atomic mass is 16.5. The standard InChI is InChI=1S/C8H12O/c1-2-4-8-6-5-7(3-1)9-8/h5-8H,1-4H2. The summed E-state index contributed by atoms with van der Waals surface area (Å²) in [6.07, 6.45) is 10.6. The van der Waals surface area contributed by atoms with Crippen LogP contribution in [-0.4, -0.2) is 12.2 Å². The summed E-state index contributed by atoms with van der Waals surface area (Å²) in [6.45, 7) is 0. The highest BCUT2D eigenvalue weighted by Gasteiger charge is 2.21. The number of ether oxygens (including phenoxy) is 1. The molecule has 2 atom stereocenters. The molecule has 1 saturated heterocycles. The lowest BCUT2D eigenvalue weighted by Crippen LogP contribution is -2.07. The van der Waals surface area contributed by atoms with Gasteiger partial charge in [0, 0.05) is 0 Å². The van der Waals surface area contributed by atoms with E-state index in [1.54, 1.807) is 0 Å². The summed E-state index contributed by atoms with van der Waals surface area (Å²) in [5, 5.41) is 0. The predicted octanol–water partition coefficient (Wildman–Crippen LogP) is 1.88. The van der Waals surface area contributed by atoms with Crippen molar-refractivity contribution in [3.8, 4) is 0 Å². The van der Waals surface area contributed by atoms with Gasteiger partial charge in [0.05, 0.1) is 12.2 Å². The smallest absolute Gasteiger partial charge is 0.0764 e. The van der Waals surface area contributed by atoms with Crippen molar-refractivity contribution in [2.24, 2.45) is 0 Å². The van der Waals surface area contributed by atoms with Crippen LogP contribution < -0.4 is 0 Å². The molecule has 0 radical (unpaired) electrons. The molecular formula is C8H12O. The maximum atomic E-state index is 5.61. The Balaban J connectivity index is 2.08.